The van der Waals surface area contributed by atoms with Crippen molar-refractivity contribution in [1.29, 1.82) is 0 Å². The van der Waals surface area contributed by atoms with Crippen molar-refractivity contribution in [3.63, 3.8) is 0 Å². The van der Waals surface area contributed by atoms with Gasteiger partial charge in [0.2, 0.25) is 0 Å². The van der Waals surface area contributed by atoms with Crippen LogP contribution >= 0.6 is 0 Å². The Bertz CT molecular complexity index is 170. The van der Waals surface area contributed by atoms with Gasteiger partial charge in [0.05, 0.1) is 6.10 Å². The van der Waals surface area contributed by atoms with E-state index in [-0.39, 0.29) is 0 Å². The van der Waals surface area contributed by atoms with Gasteiger partial charge in [0, 0.05) is 26.7 Å². The van der Waals surface area contributed by atoms with Crippen LogP contribution in [0.5, 0.6) is 0 Å². The molecule has 116 valence electrons. The third kappa shape index (κ3) is 7.94. The molecule has 0 aromatic carbocycles. The highest BCUT2D eigenvalue weighted by molar-refractivity contribution is 4.76. The van der Waals surface area contributed by atoms with Crippen LogP contribution in [0.4, 0.5) is 0 Å². The van der Waals surface area contributed by atoms with Crippen molar-refractivity contribution in [2.24, 2.45) is 5.92 Å². The third-order valence-corrected chi connectivity index (χ3v) is 4.11. The van der Waals surface area contributed by atoms with Crippen LogP contribution in [-0.2, 0) is 4.74 Å². The first-order chi connectivity index (χ1) is 9.38. The molecule has 1 aliphatic carbocycles. The fourth-order valence-corrected chi connectivity index (χ4v) is 3.06. The van der Waals surface area contributed by atoms with Gasteiger partial charge in [0.25, 0.3) is 0 Å². The Labute approximate surface area is 121 Å². The maximum absolute atomic E-state index is 5.40. The van der Waals surface area contributed by atoms with Crippen LogP contribution in [0.15, 0.2) is 0 Å². The number of ether oxygens (including phenoxy) is 1. The van der Waals surface area contributed by atoms with Crippen LogP contribution in [0.2, 0.25) is 0 Å². The Kier molecular flexibility index (Phi) is 12.9. The topological polar surface area (TPSA) is 12.5 Å². The molecule has 0 unspecified atom stereocenters. The summed E-state index contributed by atoms with van der Waals surface area (Å²) in [6.07, 6.45) is 10.4. The second-order valence-corrected chi connectivity index (χ2v) is 5.24. The summed E-state index contributed by atoms with van der Waals surface area (Å²) >= 11 is 0. The summed E-state index contributed by atoms with van der Waals surface area (Å²) in [6.45, 7) is 11.9. The molecule has 1 saturated carbocycles. The molecular formula is C17H37NO. The largest absolute Gasteiger partial charge is 0.381 e. The Balaban J connectivity index is 0.000000741. The molecule has 0 N–H and O–H groups in total. The molecule has 0 bridgehead atoms. The highest BCUT2D eigenvalue weighted by Crippen LogP contribution is 2.25. The molecule has 2 aliphatic rings. The average molecular weight is 271 g/mol. The summed E-state index contributed by atoms with van der Waals surface area (Å²) in [7, 11) is 1.85. The van der Waals surface area contributed by atoms with Crippen LogP contribution in [-0.4, -0.2) is 37.7 Å². The second-order valence-electron chi connectivity index (χ2n) is 5.24. The van der Waals surface area contributed by atoms with E-state index in [1.807, 2.05) is 34.8 Å². The minimum absolute atomic E-state index is 0.535. The van der Waals surface area contributed by atoms with E-state index in [0.29, 0.717) is 6.10 Å². The number of hydrogen-bond acceptors (Lipinski definition) is 2. The van der Waals surface area contributed by atoms with Gasteiger partial charge in [-0.15, -0.1) is 0 Å². The summed E-state index contributed by atoms with van der Waals surface area (Å²) < 4.78 is 5.40. The molecule has 1 heterocycles. The maximum Gasteiger partial charge on any atom is 0.0595 e. The second kappa shape index (κ2) is 12.9. The van der Waals surface area contributed by atoms with Crippen LogP contribution in [0, 0.1) is 5.92 Å². The molecule has 19 heavy (non-hydrogen) atoms. The minimum atomic E-state index is 0.535. The summed E-state index contributed by atoms with van der Waals surface area (Å²) in [5, 5.41) is 0. The van der Waals surface area contributed by atoms with E-state index in [1.165, 1.54) is 64.6 Å². The van der Waals surface area contributed by atoms with E-state index in [4.69, 9.17) is 4.74 Å². The molecule has 2 fully saturated rings. The van der Waals surface area contributed by atoms with Gasteiger partial charge in [-0.3, -0.25) is 0 Å². The fraction of sp³-hybridized carbons (Fsp3) is 1.00. The van der Waals surface area contributed by atoms with Crippen molar-refractivity contribution in [2.75, 3.05) is 26.7 Å². The first kappa shape index (κ1) is 18.9. The highest BCUT2D eigenvalue weighted by atomic mass is 16.5. The number of likely N-dealkylation sites (tertiary alicyclic amines) is 1. The number of hydrogen-bond donors (Lipinski definition) is 0. The Morgan fingerprint density at radius 3 is 1.84 bits per heavy atom. The van der Waals surface area contributed by atoms with Crippen molar-refractivity contribution < 1.29 is 4.74 Å². The molecule has 0 aromatic heterocycles. The van der Waals surface area contributed by atoms with Gasteiger partial charge >= 0.3 is 0 Å². The first-order valence-corrected chi connectivity index (χ1v) is 8.63. The lowest BCUT2D eigenvalue weighted by atomic mass is 9.88. The smallest absolute Gasteiger partial charge is 0.0595 e. The number of nitrogens with zero attached hydrogens (tertiary/aromatic N) is 1. The van der Waals surface area contributed by atoms with Gasteiger partial charge in [-0.25, -0.2) is 0 Å². The molecule has 2 heteroatoms. The average Bonchev–Trinajstić information content (AvgIpc) is 2.53. The maximum atomic E-state index is 5.40. The molecule has 0 spiro atoms. The Hall–Kier alpha value is -0.0800. The normalized spacial score (nSPS) is 21.9. The fourth-order valence-electron chi connectivity index (χ4n) is 3.06. The highest BCUT2D eigenvalue weighted by Gasteiger charge is 2.22. The zero-order valence-electron chi connectivity index (χ0n) is 14.1. The van der Waals surface area contributed by atoms with E-state index in [9.17, 15) is 0 Å². The van der Waals surface area contributed by atoms with Crippen molar-refractivity contribution >= 4 is 0 Å². The summed E-state index contributed by atoms with van der Waals surface area (Å²) in [4.78, 5) is 2.66. The SMILES string of the molecule is CC.CC.COC1CCN(CC2CCCCC2)CC1. The quantitative estimate of drug-likeness (QED) is 0.736. The summed E-state index contributed by atoms with van der Waals surface area (Å²) in [5.41, 5.74) is 0. The lowest BCUT2D eigenvalue weighted by molar-refractivity contribution is 0.0346. The molecule has 1 saturated heterocycles. The molecular weight excluding hydrogens is 234 g/mol. The number of rotatable bonds is 3. The van der Waals surface area contributed by atoms with Gasteiger partial charge < -0.3 is 9.64 Å². The molecule has 0 radical (unpaired) electrons. The van der Waals surface area contributed by atoms with Crippen molar-refractivity contribution in [3.8, 4) is 0 Å². The van der Waals surface area contributed by atoms with Crippen molar-refractivity contribution in [2.45, 2.75) is 78.7 Å². The lowest BCUT2D eigenvalue weighted by Gasteiger charge is -2.34. The van der Waals surface area contributed by atoms with E-state index in [2.05, 4.69) is 4.90 Å². The number of methoxy groups -OCH3 is 1. The molecule has 1 aliphatic heterocycles. The van der Waals surface area contributed by atoms with E-state index in [0.717, 1.165) is 5.92 Å². The first-order valence-electron chi connectivity index (χ1n) is 8.63. The van der Waals surface area contributed by atoms with Gasteiger partial charge in [0.1, 0.15) is 0 Å². The standard InChI is InChI=1S/C13H25NO.2C2H6/c1-15-13-7-9-14(10-8-13)11-12-5-3-2-4-6-12;2*1-2/h12-13H,2-11H2,1H3;2*1-2H3. The van der Waals surface area contributed by atoms with Crippen molar-refractivity contribution in [1.82, 2.24) is 4.90 Å². The Morgan fingerprint density at radius 1 is 0.842 bits per heavy atom. The van der Waals surface area contributed by atoms with Crippen LogP contribution in [0.25, 0.3) is 0 Å². The predicted molar refractivity (Wildman–Crippen MR) is 85.7 cm³/mol. The predicted octanol–water partition coefficient (Wildman–Crippen LogP) is 4.73. The van der Waals surface area contributed by atoms with Crippen LogP contribution in [0.1, 0.15) is 72.6 Å². The van der Waals surface area contributed by atoms with Gasteiger partial charge in [0.15, 0.2) is 0 Å². The molecule has 2 rings (SSSR count). The number of piperidine rings is 1. The van der Waals surface area contributed by atoms with Gasteiger partial charge in [-0.1, -0.05) is 47.0 Å². The zero-order valence-corrected chi connectivity index (χ0v) is 14.1. The third-order valence-electron chi connectivity index (χ3n) is 4.11. The molecule has 0 atom stereocenters. The summed E-state index contributed by atoms with van der Waals surface area (Å²) in [6, 6.07) is 0. The minimum Gasteiger partial charge on any atom is -0.381 e. The van der Waals surface area contributed by atoms with E-state index >= 15 is 0 Å². The lowest BCUT2D eigenvalue weighted by Crippen LogP contribution is -2.39. The van der Waals surface area contributed by atoms with E-state index < -0.39 is 0 Å². The molecule has 0 aromatic rings. The van der Waals surface area contributed by atoms with Crippen LogP contribution < -0.4 is 0 Å². The van der Waals surface area contributed by atoms with Crippen molar-refractivity contribution in [3.05, 3.63) is 0 Å². The van der Waals surface area contributed by atoms with E-state index in [1.54, 1.807) is 0 Å². The van der Waals surface area contributed by atoms with Gasteiger partial charge in [-0.2, -0.15) is 0 Å². The van der Waals surface area contributed by atoms with Crippen LogP contribution in [0.3, 0.4) is 0 Å². The Morgan fingerprint density at radius 2 is 1.37 bits per heavy atom. The zero-order chi connectivity index (χ0) is 14.5. The molecule has 0 amide bonds. The molecule has 2 nitrogen and oxygen atoms in total. The van der Waals surface area contributed by atoms with Gasteiger partial charge in [-0.05, 0) is 31.6 Å². The monoisotopic (exact) mass is 271 g/mol. The summed E-state index contributed by atoms with van der Waals surface area (Å²) in [5.74, 6) is 0.998.